The first-order chi connectivity index (χ1) is 14.8. The Bertz CT molecular complexity index is 1240. The molecule has 0 radical (unpaired) electrons. The van der Waals surface area contributed by atoms with Crippen molar-refractivity contribution in [3.8, 4) is 11.5 Å². The van der Waals surface area contributed by atoms with Gasteiger partial charge in [-0.1, -0.05) is 35.6 Å². The molecule has 0 saturated carbocycles. The maximum absolute atomic E-state index is 14.4. The third kappa shape index (κ3) is 4.97. The molecule has 0 amide bonds. The topological polar surface area (TPSA) is 43.7 Å². The lowest BCUT2D eigenvalue weighted by atomic mass is 10.2. The van der Waals surface area contributed by atoms with Crippen LogP contribution in [0.15, 0.2) is 71.7 Å². The van der Waals surface area contributed by atoms with Crippen molar-refractivity contribution in [1.82, 2.24) is 4.98 Å². The summed E-state index contributed by atoms with van der Waals surface area (Å²) in [6.45, 7) is 0. The van der Waals surface area contributed by atoms with Crippen molar-refractivity contribution in [1.29, 1.82) is 0 Å². The van der Waals surface area contributed by atoms with Crippen molar-refractivity contribution in [2.75, 3.05) is 0 Å². The maximum atomic E-state index is 14.4. The SMILES string of the molecule is Fc1cccc(F)c1C(=Nc1nc2ccc(OC(F)(F)F)cc2s1)Oc1ccccc1. The summed E-state index contributed by atoms with van der Waals surface area (Å²) in [7, 11) is 0. The molecule has 0 aliphatic rings. The minimum absolute atomic E-state index is 0.0349. The van der Waals surface area contributed by atoms with E-state index in [1.807, 2.05) is 0 Å². The number of benzene rings is 3. The van der Waals surface area contributed by atoms with Gasteiger partial charge in [0.05, 0.1) is 10.2 Å². The molecule has 0 bridgehead atoms. The fourth-order valence-corrected chi connectivity index (χ4v) is 3.52. The number of para-hydroxylation sites is 1. The summed E-state index contributed by atoms with van der Waals surface area (Å²) in [5.41, 5.74) is -0.155. The number of thiazole rings is 1. The first kappa shape index (κ1) is 20.7. The predicted molar refractivity (Wildman–Crippen MR) is 106 cm³/mol. The molecule has 0 atom stereocenters. The third-order valence-corrected chi connectivity index (χ3v) is 4.83. The summed E-state index contributed by atoms with van der Waals surface area (Å²) in [6, 6.07) is 15.1. The first-order valence-corrected chi connectivity index (χ1v) is 9.52. The van der Waals surface area contributed by atoms with E-state index in [-0.39, 0.29) is 16.8 Å². The van der Waals surface area contributed by atoms with Crippen LogP contribution >= 0.6 is 11.3 Å². The van der Waals surface area contributed by atoms with Gasteiger partial charge in [-0.05, 0) is 36.4 Å². The minimum atomic E-state index is -4.83. The molecule has 1 aromatic heterocycles. The van der Waals surface area contributed by atoms with Crippen LogP contribution in [0.1, 0.15) is 5.56 Å². The van der Waals surface area contributed by atoms with Crippen molar-refractivity contribution in [2.24, 2.45) is 4.99 Å². The molecule has 0 aliphatic carbocycles. The standard InChI is InChI=1S/C21H11F5N2O2S/c22-14-7-4-8-15(23)18(14)19(29-12-5-2-1-3-6-12)28-20-27-16-10-9-13(11-17(16)31-20)30-21(24,25)26/h1-11H. The average Bonchev–Trinajstić information content (AvgIpc) is 3.09. The van der Waals surface area contributed by atoms with Gasteiger partial charge >= 0.3 is 6.36 Å². The highest BCUT2D eigenvalue weighted by atomic mass is 32.1. The van der Waals surface area contributed by atoms with E-state index in [4.69, 9.17) is 4.74 Å². The van der Waals surface area contributed by atoms with Crippen LogP contribution in [0.2, 0.25) is 0 Å². The molecule has 0 N–H and O–H groups in total. The highest BCUT2D eigenvalue weighted by Gasteiger charge is 2.31. The fourth-order valence-electron chi connectivity index (χ4n) is 2.66. The molecule has 31 heavy (non-hydrogen) atoms. The van der Waals surface area contributed by atoms with E-state index in [1.165, 1.54) is 12.1 Å². The normalized spacial score (nSPS) is 12.2. The Morgan fingerprint density at radius 3 is 2.26 bits per heavy atom. The summed E-state index contributed by atoms with van der Waals surface area (Å²) in [5.74, 6) is -2.30. The van der Waals surface area contributed by atoms with Crippen molar-refractivity contribution in [2.45, 2.75) is 6.36 Å². The lowest BCUT2D eigenvalue weighted by molar-refractivity contribution is -0.274. The van der Waals surface area contributed by atoms with E-state index < -0.39 is 29.3 Å². The number of aliphatic imine (C=N–C) groups is 1. The molecule has 0 saturated heterocycles. The van der Waals surface area contributed by atoms with Gasteiger partial charge in [0, 0.05) is 6.07 Å². The highest BCUT2D eigenvalue weighted by Crippen LogP contribution is 2.33. The summed E-state index contributed by atoms with van der Waals surface area (Å²) in [5, 5.41) is 0.0349. The molecule has 0 unspecified atom stereocenters. The van der Waals surface area contributed by atoms with E-state index in [1.54, 1.807) is 30.3 Å². The van der Waals surface area contributed by atoms with Crippen molar-refractivity contribution < 1.29 is 31.4 Å². The Kier molecular flexibility index (Phi) is 5.55. The second-order valence-electron chi connectivity index (χ2n) is 6.10. The Morgan fingerprint density at radius 1 is 0.871 bits per heavy atom. The average molecular weight is 450 g/mol. The number of aromatic nitrogens is 1. The number of hydrogen-bond donors (Lipinski definition) is 0. The molecule has 3 aromatic carbocycles. The second-order valence-corrected chi connectivity index (χ2v) is 7.11. The van der Waals surface area contributed by atoms with E-state index >= 15 is 0 Å². The zero-order chi connectivity index (χ0) is 22.0. The van der Waals surface area contributed by atoms with Crippen LogP contribution in [-0.2, 0) is 0 Å². The lowest BCUT2D eigenvalue weighted by Gasteiger charge is -2.10. The zero-order valence-electron chi connectivity index (χ0n) is 15.4. The number of halogens is 5. The smallest absolute Gasteiger partial charge is 0.438 e. The molecule has 0 aliphatic heterocycles. The van der Waals surface area contributed by atoms with Gasteiger partial charge < -0.3 is 9.47 Å². The molecule has 4 aromatic rings. The maximum Gasteiger partial charge on any atom is 0.573 e. The molecule has 4 rings (SSSR count). The number of ether oxygens (including phenoxy) is 2. The molecular formula is C21H11F5N2O2S. The second kappa shape index (κ2) is 8.31. The fraction of sp³-hybridized carbons (Fsp3) is 0.0476. The first-order valence-electron chi connectivity index (χ1n) is 8.71. The summed E-state index contributed by atoms with van der Waals surface area (Å²) in [6.07, 6.45) is -4.83. The quantitative estimate of drug-likeness (QED) is 0.199. The molecule has 4 nitrogen and oxygen atoms in total. The Morgan fingerprint density at radius 2 is 1.58 bits per heavy atom. The third-order valence-electron chi connectivity index (χ3n) is 3.91. The van der Waals surface area contributed by atoms with E-state index in [2.05, 4.69) is 14.7 Å². The van der Waals surface area contributed by atoms with Crippen LogP contribution < -0.4 is 9.47 Å². The number of alkyl halides is 3. The van der Waals surface area contributed by atoms with Crippen molar-refractivity contribution >= 4 is 32.6 Å². The van der Waals surface area contributed by atoms with Gasteiger partial charge in [0.2, 0.25) is 11.0 Å². The van der Waals surface area contributed by atoms with Gasteiger partial charge in [0.1, 0.15) is 28.7 Å². The van der Waals surface area contributed by atoms with Gasteiger partial charge in [-0.3, -0.25) is 0 Å². The van der Waals surface area contributed by atoms with Crippen LogP contribution in [0, 0.1) is 11.6 Å². The van der Waals surface area contributed by atoms with E-state index in [0.717, 1.165) is 35.6 Å². The summed E-state index contributed by atoms with van der Waals surface area (Å²) in [4.78, 5) is 8.33. The largest absolute Gasteiger partial charge is 0.573 e. The number of rotatable bonds is 4. The molecule has 0 fully saturated rings. The van der Waals surface area contributed by atoms with Gasteiger partial charge in [-0.25, -0.2) is 13.8 Å². The van der Waals surface area contributed by atoms with Gasteiger partial charge in [0.25, 0.3) is 0 Å². The number of fused-ring (bicyclic) bond motifs is 1. The summed E-state index contributed by atoms with van der Waals surface area (Å²) >= 11 is 0.912. The Balaban J connectivity index is 1.77. The van der Waals surface area contributed by atoms with Gasteiger partial charge in [0.15, 0.2) is 0 Å². The molecule has 10 heteroatoms. The Hall–Kier alpha value is -3.53. The van der Waals surface area contributed by atoms with Crippen LogP contribution in [0.4, 0.5) is 27.1 Å². The van der Waals surface area contributed by atoms with Crippen LogP contribution in [0.5, 0.6) is 11.5 Å². The van der Waals surface area contributed by atoms with E-state index in [9.17, 15) is 22.0 Å². The summed E-state index contributed by atoms with van der Waals surface area (Å²) < 4.78 is 76.0. The number of hydrogen-bond acceptors (Lipinski definition) is 5. The molecule has 1 heterocycles. The van der Waals surface area contributed by atoms with E-state index in [0.29, 0.717) is 10.2 Å². The van der Waals surface area contributed by atoms with Crippen molar-refractivity contribution in [3.63, 3.8) is 0 Å². The molecule has 158 valence electrons. The molecule has 0 spiro atoms. The van der Waals surface area contributed by atoms with Gasteiger partial charge in [-0.15, -0.1) is 13.2 Å². The van der Waals surface area contributed by atoms with Gasteiger partial charge in [-0.2, -0.15) is 4.99 Å². The zero-order valence-corrected chi connectivity index (χ0v) is 16.2. The van der Waals surface area contributed by atoms with Crippen LogP contribution in [0.25, 0.3) is 10.2 Å². The van der Waals surface area contributed by atoms with Crippen LogP contribution in [0.3, 0.4) is 0 Å². The molecular weight excluding hydrogens is 439 g/mol. The lowest BCUT2D eigenvalue weighted by Crippen LogP contribution is -2.16. The Labute approximate surface area is 176 Å². The van der Waals surface area contributed by atoms with Crippen molar-refractivity contribution in [3.05, 3.63) is 83.9 Å². The highest BCUT2D eigenvalue weighted by molar-refractivity contribution is 7.22. The number of nitrogens with zero attached hydrogens (tertiary/aromatic N) is 2. The minimum Gasteiger partial charge on any atom is -0.438 e. The predicted octanol–water partition coefficient (Wildman–Crippen LogP) is 6.63. The monoisotopic (exact) mass is 450 g/mol. The van der Waals surface area contributed by atoms with Crippen LogP contribution in [-0.4, -0.2) is 17.2 Å².